The highest BCUT2D eigenvalue weighted by atomic mass is 32.2. The van der Waals surface area contributed by atoms with Gasteiger partial charge in [0.05, 0.1) is 10.3 Å². The lowest BCUT2D eigenvalue weighted by Crippen LogP contribution is -2.34. The number of likely N-dealkylation sites (N-methyl/N-ethyl adjacent to an activating group) is 1. The van der Waals surface area contributed by atoms with Gasteiger partial charge in [0.1, 0.15) is 0 Å². The summed E-state index contributed by atoms with van der Waals surface area (Å²) in [5.41, 5.74) is 2.06. The minimum absolute atomic E-state index is 0.0450. The predicted molar refractivity (Wildman–Crippen MR) is 121 cm³/mol. The van der Waals surface area contributed by atoms with E-state index in [-0.39, 0.29) is 10.8 Å². The summed E-state index contributed by atoms with van der Waals surface area (Å²) < 4.78 is 59.5. The Morgan fingerprint density at radius 2 is 1.53 bits per heavy atom. The van der Waals surface area contributed by atoms with Gasteiger partial charge in [0.2, 0.25) is 5.91 Å². The van der Waals surface area contributed by atoms with Crippen molar-refractivity contribution in [2.75, 3.05) is 11.3 Å². The molecule has 1 aliphatic carbocycles. The molecule has 186 valence electrons. The minimum atomic E-state index is -5.08. The fourth-order valence-electron chi connectivity index (χ4n) is 3.20. The number of amides is 1. The van der Waals surface area contributed by atoms with Gasteiger partial charge >= 0.3 is 12.1 Å². The maximum absolute atomic E-state index is 12.6. The van der Waals surface area contributed by atoms with Crippen LogP contribution in [0.1, 0.15) is 50.7 Å². The van der Waals surface area contributed by atoms with Gasteiger partial charge in [0, 0.05) is 12.2 Å². The Labute approximate surface area is 196 Å². The summed E-state index contributed by atoms with van der Waals surface area (Å²) in [4.78, 5) is 21.4. The third-order valence-corrected chi connectivity index (χ3v) is 6.71. The van der Waals surface area contributed by atoms with Crippen LogP contribution in [0.2, 0.25) is 0 Å². The number of aliphatic carboxylic acids is 1. The monoisotopic (exact) mass is 500 g/mol. The van der Waals surface area contributed by atoms with Crippen LogP contribution >= 0.6 is 0 Å². The van der Waals surface area contributed by atoms with Gasteiger partial charge in [-0.2, -0.15) is 13.2 Å². The van der Waals surface area contributed by atoms with Gasteiger partial charge < -0.3 is 10.4 Å². The highest BCUT2D eigenvalue weighted by Gasteiger charge is 2.50. The molecule has 0 aromatic heterocycles. The van der Waals surface area contributed by atoms with E-state index in [4.69, 9.17) is 9.90 Å². The molecule has 2 aromatic rings. The third kappa shape index (κ3) is 6.72. The number of sulfonamides is 1. The van der Waals surface area contributed by atoms with E-state index in [1.165, 1.54) is 0 Å². The number of hydrogen-bond donors (Lipinski definition) is 3. The molecule has 1 saturated carbocycles. The van der Waals surface area contributed by atoms with E-state index in [2.05, 4.69) is 23.9 Å². The Balaban J connectivity index is 0.000000509. The number of carbonyl (C=O) groups excluding carboxylic acids is 1. The van der Waals surface area contributed by atoms with Gasteiger partial charge in [-0.15, -0.1) is 0 Å². The molecule has 0 aliphatic heterocycles. The fourth-order valence-corrected chi connectivity index (χ4v) is 4.26. The molecule has 0 radical (unpaired) electrons. The normalized spacial score (nSPS) is 14.6. The Bertz CT molecular complexity index is 1110. The van der Waals surface area contributed by atoms with Crippen molar-refractivity contribution in [3.8, 4) is 0 Å². The first-order valence-corrected chi connectivity index (χ1v) is 12.0. The zero-order valence-corrected chi connectivity index (χ0v) is 19.8. The predicted octanol–water partition coefficient (Wildman–Crippen LogP) is 4.41. The Morgan fingerprint density at radius 3 is 1.91 bits per heavy atom. The quantitative estimate of drug-likeness (QED) is 0.521. The lowest BCUT2D eigenvalue weighted by atomic mass is 9.95. The molecule has 0 bridgehead atoms. The molecular formula is C23H27F3N2O5S. The number of hydrogen-bond acceptors (Lipinski definition) is 4. The molecule has 0 spiro atoms. The zero-order valence-electron chi connectivity index (χ0n) is 18.9. The molecule has 3 N–H and O–H groups in total. The van der Waals surface area contributed by atoms with Crippen molar-refractivity contribution in [3.05, 3.63) is 59.7 Å². The topological polar surface area (TPSA) is 113 Å². The summed E-state index contributed by atoms with van der Waals surface area (Å²) >= 11 is 0. The lowest BCUT2D eigenvalue weighted by molar-refractivity contribution is -0.192. The van der Waals surface area contributed by atoms with Crippen LogP contribution < -0.4 is 10.0 Å². The number of nitrogens with one attached hydrogen (secondary N) is 2. The second-order valence-electron chi connectivity index (χ2n) is 8.15. The number of carbonyl (C=O) groups is 2. The van der Waals surface area contributed by atoms with Crippen LogP contribution in [0.4, 0.5) is 18.9 Å². The molecule has 2 aromatic carbocycles. The zero-order chi connectivity index (χ0) is 25.7. The second kappa shape index (κ2) is 10.5. The lowest BCUT2D eigenvalue weighted by Gasteiger charge is -2.16. The van der Waals surface area contributed by atoms with E-state index in [1.54, 1.807) is 24.3 Å². The Kier molecular flexibility index (Phi) is 8.35. The number of benzene rings is 2. The fraction of sp³-hybridized carbons (Fsp3) is 0.391. The molecule has 11 heteroatoms. The van der Waals surface area contributed by atoms with Gasteiger partial charge in [-0.25, -0.2) is 13.2 Å². The largest absolute Gasteiger partial charge is 0.490 e. The van der Waals surface area contributed by atoms with Gasteiger partial charge in [-0.3, -0.25) is 9.52 Å². The summed E-state index contributed by atoms with van der Waals surface area (Å²) in [7, 11) is -3.64. The summed E-state index contributed by atoms with van der Waals surface area (Å²) in [6, 6.07) is 14.0. The first-order chi connectivity index (χ1) is 15.7. The number of anilines is 1. The van der Waals surface area contributed by atoms with E-state index in [0.717, 1.165) is 24.0 Å². The molecule has 1 amide bonds. The van der Waals surface area contributed by atoms with Crippen LogP contribution in [0.5, 0.6) is 0 Å². The third-order valence-electron chi connectivity index (χ3n) is 5.31. The Morgan fingerprint density at radius 1 is 1.03 bits per heavy atom. The van der Waals surface area contributed by atoms with E-state index in [0.29, 0.717) is 18.2 Å². The molecule has 1 fully saturated rings. The van der Waals surface area contributed by atoms with Crippen molar-refractivity contribution < 1.29 is 36.3 Å². The number of alkyl halides is 3. The maximum atomic E-state index is 12.6. The van der Waals surface area contributed by atoms with E-state index < -0.39 is 27.6 Å². The van der Waals surface area contributed by atoms with Gasteiger partial charge in [-0.1, -0.05) is 38.1 Å². The van der Waals surface area contributed by atoms with Crippen LogP contribution in [0, 0.1) is 0 Å². The van der Waals surface area contributed by atoms with Crippen molar-refractivity contribution in [2.24, 2.45) is 0 Å². The van der Waals surface area contributed by atoms with Crippen LogP contribution in [0.3, 0.4) is 0 Å². The van der Waals surface area contributed by atoms with Crippen molar-refractivity contribution in [1.82, 2.24) is 5.32 Å². The van der Waals surface area contributed by atoms with Crippen molar-refractivity contribution in [2.45, 2.75) is 56.0 Å². The van der Waals surface area contributed by atoms with Crippen LogP contribution in [-0.2, 0) is 25.0 Å². The molecule has 0 unspecified atom stereocenters. The maximum Gasteiger partial charge on any atom is 0.490 e. The molecule has 1 aliphatic rings. The van der Waals surface area contributed by atoms with Crippen LogP contribution in [-0.4, -0.2) is 38.1 Å². The first kappa shape index (κ1) is 27.2. The van der Waals surface area contributed by atoms with Gasteiger partial charge in [-0.05, 0) is 61.1 Å². The highest BCUT2D eigenvalue weighted by Crippen LogP contribution is 2.48. The molecule has 34 heavy (non-hydrogen) atoms. The number of halogens is 3. The summed E-state index contributed by atoms with van der Waals surface area (Å²) in [6.45, 7) is 6.64. The van der Waals surface area contributed by atoms with Crippen molar-refractivity contribution in [3.63, 3.8) is 0 Å². The number of carboxylic acids is 1. The van der Waals surface area contributed by atoms with Crippen molar-refractivity contribution >= 4 is 27.6 Å². The van der Waals surface area contributed by atoms with E-state index >= 15 is 0 Å². The van der Waals surface area contributed by atoms with Gasteiger partial charge in [0.25, 0.3) is 10.0 Å². The van der Waals surface area contributed by atoms with Crippen LogP contribution in [0.15, 0.2) is 53.4 Å². The molecule has 0 saturated heterocycles. The number of rotatable bonds is 7. The number of carboxylic acid groups (broad SMARTS) is 1. The smallest absolute Gasteiger partial charge is 0.475 e. The first-order valence-electron chi connectivity index (χ1n) is 10.5. The molecule has 0 heterocycles. The highest BCUT2D eigenvalue weighted by molar-refractivity contribution is 7.92. The average Bonchev–Trinajstić information content (AvgIpc) is 3.56. The van der Waals surface area contributed by atoms with E-state index in [1.807, 2.05) is 31.2 Å². The van der Waals surface area contributed by atoms with Crippen molar-refractivity contribution in [1.29, 1.82) is 0 Å². The van der Waals surface area contributed by atoms with Gasteiger partial charge in [0.15, 0.2) is 0 Å². The SMILES string of the molecule is CCNC(=O)C1(c2ccc(NS(=O)(=O)c3ccc(C(C)C)cc3)cc2)CC1.O=C(O)C(F)(F)F. The standard InChI is InChI=1S/C21H26N2O3S.C2HF3O2/c1-4-22-20(24)21(13-14-21)17-7-9-18(10-8-17)23-27(25,26)19-11-5-16(6-12-19)15(2)3;3-2(4,5)1(6)7/h5-12,15,23H,4,13-14H2,1-3H3,(H,22,24);(H,6,7). The minimum Gasteiger partial charge on any atom is -0.475 e. The summed E-state index contributed by atoms with van der Waals surface area (Å²) in [6.07, 6.45) is -3.43. The molecular weight excluding hydrogens is 473 g/mol. The summed E-state index contributed by atoms with van der Waals surface area (Å²) in [5.74, 6) is -2.36. The molecule has 0 atom stereocenters. The second-order valence-corrected chi connectivity index (χ2v) is 9.83. The van der Waals surface area contributed by atoms with E-state index in [9.17, 15) is 26.4 Å². The molecule has 7 nitrogen and oxygen atoms in total. The van der Waals surface area contributed by atoms with Crippen LogP contribution in [0.25, 0.3) is 0 Å². The summed E-state index contributed by atoms with van der Waals surface area (Å²) in [5, 5.41) is 10.0. The molecule has 3 rings (SSSR count). The average molecular weight is 501 g/mol. The Hall–Kier alpha value is -3.08.